The van der Waals surface area contributed by atoms with E-state index in [1.54, 1.807) is 13.2 Å². The van der Waals surface area contributed by atoms with Gasteiger partial charge in [-0.3, -0.25) is 4.79 Å². The van der Waals surface area contributed by atoms with Crippen LogP contribution in [-0.4, -0.2) is 26.1 Å². The summed E-state index contributed by atoms with van der Waals surface area (Å²) in [5, 5.41) is 5.85. The molecule has 0 bridgehead atoms. The average molecular weight is 248 g/mol. The summed E-state index contributed by atoms with van der Waals surface area (Å²) >= 11 is 0. The lowest BCUT2D eigenvalue weighted by Crippen LogP contribution is -2.28. The summed E-state index contributed by atoms with van der Waals surface area (Å²) in [7, 11) is 1.60. The van der Waals surface area contributed by atoms with Gasteiger partial charge in [-0.2, -0.15) is 0 Å². The van der Waals surface area contributed by atoms with Crippen LogP contribution in [0.2, 0.25) is 0 Å². The molecule has 0 saturated carbocycles. The Labute approximate surface area is 108 Å². The molecule has 0 fully saturated rings. The number of carbonyl (C=O) groups excluding carboxylic acids is 1. The van der Waals surface area contributed by atoms with Crippen LogP contribution in [0.5, 0.6) is 5.75 Å². The zero-order valence-corrected chi connectivity index (χ0v) is 11.1. The van der Waals surface area contributed by atoms with E-state index >= 15 is 0 Å². The van der Waals surface area contributed by atoms with Gasteiger partial charge in [0.2, 0.25) is 5.91 Å². The Kier molecular flexibility index (Phi) is 5.94. The summed E-state index contributed by atoms with van der Waals surface area (Å²) in [6.45, 7) is 5.05. The van der Waals surface area contributed by atoms with Crippen LogP contribution >= 0.6 is 0 Å². The minimum atomic E-state index is -0.0644. The molecule has 0 aliphatic rings. The van der Waals surface area contributed by atoms with Gasteiger partial charge >= 0.3 is 0 Å². The predicted molar refractivity (Wildman–Crippen MR) is 73.9 cm³/mol. The normalized spacial score (nSPS) is 9.72. The number of methoxy groups -OCH3 is 1. The van der Waals surface area contributed by atoms with E-state index in [0.717, 1.165) is 11.4 Å². The standard InChI is InChI=1S/C14H20N2O2/c1-11(2)7-8-15-10-14(17)16-12-5-4-6-13(9-12)18-3/h4-7,9,15H,8,10H2,1-3H3,(H,16,17). The van der Waals surface area contributed by atoms with Crippen LogP contribution in [0.25, 0.3) is 0 Å². The number of carbonyl (C=O) groups is 1. The lowest BCUT2D eigenvalue weighted by Gasteiger charge is -2.07. The summed E-state index contributed by atoms with van der Waals surface area (Å²) in [6, 6.07) is 7.29. The molecule has 1 rings (SSSR count). The van der Waals surface area contributed by atoms with Crippen LogP contribution < -0.4 is 15.4 Å². The highest BCUT2D eigenvalue weighted by Crippen LogP contribution is 2.16. The molecule has 0 aliphatic carbocycles. The number of nitrogens with one attached hydrogen (secondary N) is 2. The van der Waals surface area contributed by atoms with Crippen LogP contribution in [0.1, 0.15) is 13.8 Å². The molecule has 0 aromatic heterocycles. The van der Waals surface area contributed by atoms with Crippen molar-refractivity contribution in [2.24, 2.45) is 0 Å². The van der Waals surface area contributed by atoms with Gasteiger partial charge in [0.05, 0.1) is 13.7 Å². The van der Waals surface area contributed by atoms with Crippen molar-refractivity contribution in [1.82, 2.24) is 5.32 Å². The van der Waals surface area contributed by atoms with Crippen molar-refractivity contribution in [3.05, 3.63) is 35.9 Å². The van der Waals surface area contributed by atoms with Gasteiger partial charge < -0.3 is 15.4 Å². The Morgan fingerprint density at radius 2 is 2.17 bits per heavy atom. The summed E-state index contributed by atoms with van der Waals surface area (Å²) in [4.78, 5) is 11.6. The van der Waals surface area contributed by atoms with Crippen LogP contribution in [0.4, 0.5) is 5.69 Å². The van der Waals surface area contributed by atoms with E-state index in [2.05, 4.69) is 10.6 Å². The van der Waals surface area contributed by atoms with Gasteiger partial charge in [0.25, 0.3) is 0 Å². The second kappa shape index (κ2) is 7.50. The van der Waals surface area contributed by atoms with Gasteiger partial charge in [0.15, 0.2) is 0 Å². The number of rotatable bonds is 6. The minimum absolute atomic E-state index is 0.0644. The van der Waals surface area contributed by atoms with Gasteiger partial charge in [-0.15, -0.1) is 0 Å². The molecule has 4 nitrogen and oxygen atoms in total. The second-order valence-electron chi connectivity index (χ2n) is 4.19. The van der Waals surface area contributed by atoms with Gasteiger partial charge in [-0.05, 0) is 26.0 Å². The fourth-order valence-corrected chi connectivity index (χ4v) is 1.37. The molecule has 0 atom stereocenters. The maximum absolute atomic E-state index is 11.6. The van der Waals surface area contributed by atoms with E-state index in [4.69, 9.17) is 4.74 Å². The van der Waals surface area contributed by atoms with E-state index in [9.17, 15) is 4.79 Å². The first kappa shape index (κ1) is 14.3. The Hall–Kier alpha value is -1.81. The van der Waals surface area contributed by atoms with Crippen molar-refractivity contribution in [1.29, 1.82) is 0 Å². The highest BCUT2D eigenvalue weighted by Gasteiger charge is 2.01. The van der Waals surface area contributed by atoms with Gasteiger partial charge in [0.1, 0.15) is 5.75 Å². The fourth-order valence-electron chi connectivity index (χ4n) is 1.37. The molecule has 0 unspecified atom stereocenters. The zero-order valence-electron chi connectivity index (χ0n) is 11.1. The van der Waals surface area contributed by atoms with Crippen molar-refractivity contribution in [2.45, 2.75) is 13.8 Å². The third-order valence-corrected chi connectivity index (χ3v) is 2.29. The van der Waals surface area contributed by atoms with Crippen LogP contribution in [0.15, 0.2) is 35.9 Å². The summed E-state index contributed by atoms with van der Waals surface area (Å²) in [5.41, 5.74) is 1.97. The van der Waals surface area contributed by atoms with Crippen molar-refractivity contribution in [3.8, 4) is 5.75 Å². The molecule has 1 amide bonds. The van der Waals surface area contributed by atoms with E-state index in [-0.39, 0.29) is 5.91 Å². The summed E-state index contributed by atoms with van der Waals surface area (Å²) in [6.07, 6.45) is 2.04. The Bertz CT molecular complexity index is 424. The number of benzene rings is 1. The Morgan fingerprint density at radius 1 is 1.39 bits per heavy atom. The molecular weight excluding hydrogens is 228 g/mol. The first-order valence-corrected chi connectivity index (χ1v) is 5.90. The maximum atomic E-state index is 11.6. The van der Waals surface area contributed by atoms with E-state index in [0.29, 0.717) is 13.1 Å². The number of amides is 1. The number of anilines is 1. The molecule has 18 heavy (non-hydrogen) atoms. The molecule has 0 spiro atoms. The largest absolute Gasteiger partial charge is 0.497 e. The van der Waals surface area contributed by atoms with Crippen molar-refractivity contribution >= 4 is 11.6 Å². The van der Waals surface area contributed by atoms with Crippen LogP contribution in [0, 0.1) is 0 Å². The van der Waals surface area contributed by atoms with Crippen LogP contribution in [0.3, 0.4) is 0 Å². The van der Waals surface area contributed by atoms with Crippen LogP contribution in [-0.2, 0) is 4.79 Å². The van der Waals surface area contributed by atoms with E-state index < -0.39 is 0 Å². The Morgan fingerprint density at radius 3 is 2.83 bits per heavy atom. The molecule has 4 heteroatoms. The number of hydrogen-bond acceptors (Lipinski definition) is 3. The number of ether oxygens (including phenoxy) is 1. The third-order valence-electron chi connectivity index (χ3n) is 2.29. The van der Waals surface area contributed by atoms with Gasteiger partial charge in [0, 0.05) is 18.3 Å². The average Bonchev–Trinajstić information content (AvgIpc) is 2.34. The van der Waals surface area contributed by atoms with Gasteiger partial charge in [-0.1, -0.05) is 17.7 Å². The first-order chi connectivity index (χ1) is 8.61. The third kappa shape index (κ3) is 5.50. The molecule has 0 radical (unpaired) electrons. The molecule has 0 saturated heterocycles. The molecule has 1 aromatic rings. The lowest BCUT2D eigenvalue weighted by atomic mass is 10.3. The molecule has 0 aliphatic heterocycles. The van der Waals surface area contributed by atoms with E-state index in [1.165, 1.54) is 5.57 Å². The minimum Gasteiger partial charge on any atom is -0.497 e. The Balaban J connectivity index is 2.37. The summed E-state index contributed by atoms with van der Waals surface area (Å²) in [5.74, 6) is 0.663. The number of allylic oxidation sites excluding steroid dienone is 1. The second-order valence-corrected chi connectivity index (χ2v) is 4.19. The SMILES string of the molecule is COc1cccc(NC(=O)CNCC=C(C)C)c1. The quantitative estimate of drug-likeness (QED) is 0.599. The highest BCUT2D eigenvalue weighted by molar-refractivity contribution is 5.92. The molecule has 98 valence electrons. The van der Waals surface area contributed by atoms with Gasteiger partial charge in [-0.25, -0.2) is 0 Å². The molecule has 2 N–H and O–H groups in total. The number of hydrogen-bond donors (Lipinski definition) is 2. The molecule has 1 aromatic carbocycles. The van der Waals surface area contributed by atoms with Crippen molar-refractivity contribution in [3.63, 3.8) is 0 Å². The van der Waals surface area contributed by atoms with Crippen molar-refractivity contribution in [2.75, 3.05) is 25.5 Å². The predicted octanol–water partition coefficient (Wildman–Crippen LogP) is 2.19. The molecule has 0 heterocycles. The topological polar surface area (TPSA) is 50.4 Å². The maximum Gasteiger partial charge on any atom is 0.238 e. The van der Waals surface area contributed by atoms with E-state index in [1.807, 2.05) is 38.1 Å². The smallest absolute Gasteiger partial charge is 0.238 e. The van der Waals surface area contributed by atoms with Crippen molar-refractivity contribution < 1.29 is 9.53 Å². The first-order valence-electron chi connectivity index (χ1n) is 5.90. The molecular formula is C14H20N2O2. The summed E-state index contributed by atoms with van der Waals surface area (Å²) < 4.78 is 5.09. The monoisotopic (exact) mass is 248 g/mol. The zero-order chi connectivity index (χ0) is 13.4. The fraction of sp³-hybridized carbons (Fsp3) is 0.357. The highest BCUT2D eigenvalue weighted by atomic mass is 16.5. The lowest BCUT2D eigenvalue weighted by molar-refractivity contribution is -0.115.